The fraction of sp³-hybridized carbons (Fsp3) is 0.909. The minimum Gasteiger partial charge on any atom is -0.343 e. The highest BCUT2D eigenvalue weighted by atomic mass is 16.2. The summed E-state index contributed by atoms with van der Waals surface area (Å²) in [4.78, 5) is 16.1. The molecule has 3 nitrogen and oxygen atoms in total. The quantitative estimate of drug-likeness (QED) is 0.665. The van der Waals surface area contributed by atoms with Gasteiger partial charge in [-0.1, -0.05) is 0 Å². The van der Waals surface area contributed by atoms with E-state index in [0.29, 0.717) is 11.9 Å². The summed E-state index contributed by atoms with van der Waals surface area (Å²) in [6.45, 7) is 6.24. The predicted octanol–water partition coefficient (Wildman–Crippen LogP) is 1.19. The van der Waals surface area contributed by atoms with Crippen molar-refractivity contribution in [2.24, 2.45) is 5.92 Å². The lowest BCUT2D eigenvalue weighted by atomic mass is 9.95. The summed E-state index contributed by atoms with van der Waals surface area (Å²) in [6, 6.07) is 0.321. The maximum Gasteiger partial charge on any atom is 0.225 e. The summed E-state index contributed by atoms with van der Waals surface area (Å²) >= 11 is 0. The molecule has 0 atom stereocenters. The molecule has 0 aromatic carbocycles. The number of carbonyl (C=O) groups excluding carboxylic acids is 1. The Balaban J connectivity index is 2.45. The van der Waals surface area contributed by atoms with Gasteiger partial charge in [-0.3, -0.25) is 4.79 Å². The van der Waals surface area contributed by atoms with Crippen LogP contribution in [0.25, 0.3) is 0 Å². The molecular weight excluding hydrogens is 176 g/mol. The molecule has 0 aromatic heterocycles. The van der Waals surface area contributed by atoms with Gasteiger partial charge in [-0.05, 0) is 46.8 Å². The van der Waals surface area contributed by atoms with Crippen molar-refractivity contribution in [3.8, 4) is 0 Å². The first kappa shape index (κ1) is 11.5. The second kappa shape index (κ2) is 4.78. The van der Waals surface area contributed by atoms with Crippen LogP contribution < -0.4 is 0 Å². The molecule has 1 aliphatic rings. The number of carbonyl (C=O) groups is 1. The summed E-state index contributed by atoms with van der Waals surface area (Å²) in [5, 5.41) is 0. The lowest BCUT2D eigenvalue weighted by Gasteiger charge is -2.32. The monoisotopic (exact) mass is 198 g/mol. The Morgan fingerprint density at radius 2 is 1.86 bits per heavy atom. The summed E-state index contributed by atoms with van der Waals surface area (Å²) < 4.78 is 0. The maximum absolute atomic E-state index is 12.0. The van der Waals surface area contributed by atoms with Crippen LogP contribution in [0.1, 0.15) is 26.7 Å². The maximum atomic E-state index is 12.0. The number of piperidine rings is 1. The van der Waals surface area contributed by atoms with Crippen molar-refractivity contribution in [2.75, 3.05) is 27.2 Å². The molecule has 0 N–H and O–H groups in total. The topological polar surface area (TPSA) is 23.6 Å². The summed E-state index contributed by atoms with van der Waals surface area (Å²) in [5.41, 5.74) is 0. The van der Waals surface area contributed by atoms with Gasteiger partial charge in [0, 0.05) is 19.0 Å². The van der Waals surface area contributed by atoms with Gasteiger partial charge in [0.2, 0.25) is 5.91 Å². The average molecular weight is 198 g/mol. The zero-order chi connectivity index (χ0) is 10.7. The molecule has 1 amide bonds. The first-order valence-electron chi connectivity index (χ1n) is 5.47. The van der Waals surface area contributed by atoms with Gasteiger partial charge >= 0.3 is 0 Å². The largest absolute Gasteiger partial charge is 0.343 e. The number of nitrogens with zero attached hydrogens (tertiary/aromatic N) is 2. The van der Waals surface area contributed by atoms with Crippen LogP contribution >= 0.6 is 0 Å². The van der Waals surface area contributed by atoms with Crippen LogP contribution in [-0.4, -0.2) is 48.9 Å². The first-order chi connectivity index (χ1) is 6.52. The first-order valence-corrected chi connectivity index (χ1v) is 5.47. The molecule has 0 bridgehead atoms. The van der Waals surface area contributed by atoms with E-state index in [1.165, 1.54) is 0 Å². The van der Waals surface area contributed by atoms with Gasteiger partial charge in [-0.15, -0.1) is 0 Å². The lowest BCUT2D eigenvalue weighted by Crippen LogP contribution is -2.42. The van der Waals surface area contributed by atoms with Gasteiger partial charge in [0.25, 0.3) is 0 Å². The van der Waals surface area contributed by atoms with Crippen LogP contribution in [0, 0.1) is 5.92 Å². The van der Waals surface area contributed by atoms with Crippen molar-refractivity contribution in [1.82, 2.24) is 9.80 Å². The summed E-state index contributed by atoms with van der Waals surface area (Å²) in [5.74, 6) is 0.590. The third-order valence-corrected chi connectivity index (χ3v) is 3.19. The molecular formula is C11H22N2O. The molecule has 1 heterocycles. The molecule has 1 aliphatic heterocycles. The summed E-state index contributed by atoms with van der Waals surface area (Å²) in [6.07, 6.45) is 2.04. The van der Waals surface area contributed by atoms with Crippen LogP contribution in [0.5, 0.6) is 0 Å². The molecule has 0 aliphatic carbocycles. The molecule has 14 heavy (non-hydrogen) atoms. The molecule has 82 valence electrons. The van der Waals surface area contributed by atoms with E-state index in [2.05, 4.69) is 25.8 Å². The van der Waals surface area contributed by atoms with Gasteiger partial charge < -0.3 is 9.80 Å². The van der Waals surface area contributed by atoms with Crippen LogP contribution in [0.4, 0.5) is 0 Å². The van der Waals surface area contributed by atoms with E-state index in [1.54, 1.807) is 0 Å². The standard InChI is InChI=1S/C11H22N2O/c1-9(2)13(4)11(14)10-5-7-12(3)8-6-10/h9-10H,5-8H2,1-4H3. The zero-order valence-corrected chi connectivity index (χ0v) is 9.79. The number of hydrogen-bond acceptors (Lipinski definition) is 2. The predicted molar refractivity (Wildman–Crippen MR) is 58.1 cm³/mol. The molecule has 3 heteroatoms. The second-order valence-corrected chi connectivity index (χ2v) is 4.62. The van der Waals surface area contributed by atoms with Gasteiger partial charge in [-0.25, -0.2) is 0 Å². The smallest absolute Gasteiger partial charge is 0.225 e. The highest BCUT2D eigenvalue weighted by Crippen LogP contribution is 2.18. The Kier molecular flexibility index (Phi) is 3.93. The highest BCUT2D eigenvalue weighted by Gasteiger charge is 2.26. The molecule has 0 saturated carbocycles. The molecule has 0 unspecified atom stereocenters. The van der Waals surface area contributed by atoms with Gasteiger partial charge in [0.05, 0.1) is 0 Å². The van der Waals surface area contributed by atoms with Gasteiger partial charge in [-0.2, -0.15) is 0 Å². The van der Waals surface area contributed by atoms with Crippen LogP contribution in [0.3, 0.4) is 0 Å². The number of rotatable bonds is 2. The normalized spacial score (nSPS) is 20.1. The fourth-order valence-electron chi connectivity index (χ4n) is 1.80. The molecule has 1 rings (SSSR count). The number of likely N-dealkylation sites (tertiary alicyclic amines) is 1. The molecule has 1 fully saturated rings. The second-order valence-electron chi connectivity index (χ2n) is 4.62. The van der Waals surface area contributed by atoms with Crippen LogP contribution in [0.2, 0.25) is 0 Å². The van der Waals surface area contributed by atoms with Gasteiger partial charge in [0.1, 0.15) is 0 Å². The minimum atomic E-state index is 0.263. The molecule has 0 radical (unpaired) electrons. The number of amides is 1. The van der Waals surface area contributed by atoms with Crippen molar-refractivity contribution < 1.29 is 4.79 Å². The van der Waals surface area contributed by atoms with Crippen LogP contribution in [0.15, 0.2) is 0 Å². The van der Waals surface area contributed by atoms with Crippen molar-refractivity contribution in [3.63, 3.8) is 0 Å². The number of hydrogen-bond donors (Lipinski definition) is 0. The highest BCUT2D eigenvalue weighted by molar-refractivity contribution is 5.78. The van der Waals surface area contributed by atoms with E-state index in [1.807, 2.05) is 11.9 Å². The Hall–Kier alpha value is -0.570. The Bertz CT molecular complexity index is 195. The third-order valence-electron chi connectivity index (χ3n) is 3.19. The third kappa shape index (κ3) is 2.71. The van der Waals surface area contributed by atoms with E-state index in [0.717, 1.165) is 25.9 Å². The molecule has 0 spiro atoms. The lowest BCUT2D eigenvalue weighted by molar-refractivity contribution is -0.137. The van der Waals surface area contributed by atoms with E-state index in [-0.39, 0.29) is 5.92 Å². The zero-order valence-electron chi connectivity index (χ0n) is 9.79. The van der Waals surface area contributed by atoms with Crippen molar-refractivity contribution in [1.29, 1.82) is 0 Å². The fourth-order valence-corrected chi connectivity index (χ4v) is 1.80. The van der Waals surface area contributed by atoms with Crippen LogP contribution in [-0.2, 0) is 4.79 Å². The van der Waals surface area contributed by atoms with Crippen molar-refractivity contribution >= 4 is 5.91 Å². The van der Waals surface area contributed by atoms with E-state index in [4.69, 9.17) is 0 Å². The summed E-state index contributed by atoms with van der Waals surface area (Å²) in [7, 11) is 4.03. The van der Waals surface area contributed by atoms with Crippen molar-refractivity contribution in [3.05, 3.63) is 0 Å². The Morgan fingerprint density at radius 3 is 2.29 bits per heavy atom. The van der Waals surface area contributed by atoms with Gasteiger partial charge in [0.15, 0.2) is 0 Å². The molecule has 1 saturated heterocycles. The van der Waals surface area contributed by atoms with E-state index < -0.39 is 0 Å². The minimum absolute atomic E-state index is 0.263. The molecule has 0 aromatic rings. The van der Waals surface area contributed by atoms with E-state index in [9.17, 15) is 4.79 Å². The SMILES string of the molecule is CC(C)N(C)C(=O)C1CCN(C)CC1. The van der Waals surface area contributed by atoms with Crippen molar-refractivity contribution in [2.45, 2.75) is 32.7 Å². The average Bonchev–Trinajstić information content (AvgIpc) is 2.16. The Labute approximate surface area is 87.1 Å². The van der Waals surface area contributed by atoms with E-state index >= 15 is 0 Å². The Morgan fingerprint density at radius 1 is 1.36 bits per heavy atom.